The van der Waals surface area contributed by atoms with E-state index in [4.69, 9.17) is 4.52 Å². The number of nitrogens with zero attached hydrogens (tertiary/aromatic N) is 2. The maximum Gasteiger partial charge on any atom is 0.257 e. The molecule has 0 atom stereocenters. The molecule has 1 aliphatic heterocycles. The fourth-order valence-corrected chi connectivity index (χ4v) is 2.99. The van der Waals surface area contributed by atoms with Gasteiger partial charge in [-0.1, -0.05) is 28.9 Å². The zero-order chi connectivity index (χ0) is 17.8. The third-order valence-electron chi connectivity index (χ3n) is 4.44. The van der Waals surface area contributed by atoms with E-state index in [1.165, 1.54) is 17.7 Å². The van der Waals surface area contributed by atoms with Gasteiger partial charge in [-0.15, -0.1) is 0 Å². The first-order valence-electron chi connectivity index (χ1n) is 8.38. The van der Waals surface area contributed by atoms with Crippen molar-refractivity contribution in [3.63, 3.8) is 0 Å². The molecule has 5 nitrogen and oxygen atoms in total. The van der Waals surface area contributed by atoms with Crippen LogP contribution in [0.1, 0.15) is 33.8 Å². The van der Waals surface area contributed by atoms with Gasteiger partial charge in [0, 0.05) is 26.2 Å². The van der Waals surface area contributed by atoms with Gasteiger partial charge in [-0.05, 0) is 38.0 Å². The van der Waals surface area contributed by atoms with Crippen LogP contribution in [0.25, 0.3) is 0 Å². The Labute approximate surface area is 146 Å². The third kappa shape index (κ3) is 4.33. The van der Waals surface area contributed by atoms with Crippen LogP contribution in [0.5, 0.6) is 0 Å². The zero-order valence-electron chi connectivity index (χ0n) is 14.5. The van der Waals surface area contributed by atoms with Gasteiger partial charge in [0.2, 0.25) is 0 Å². The maximum atomic E-state index is 13.0. The molecule has 1 aromatic carbocycles. The summed E-state index contributed by atoms with van der Waals surface area (Å²) in [5.74, 6) is 0.183. The van der Waals surface area contributed by atoms with Gasteiger partial charge in [0.25, 0.3) is 5.91 Å². The van der Waals surface area contributed by atoms with Crippen LogP contribution in [0.15, 0.2) is 40.4 Å². The van der Waals surface area contributed by atoms with E-state index < -0.39 is 0 Å². The second-order valence-electron chi connectivity index (χ2n) is 6.36. The van der Waals surface area contributed by atoms with Gasteiger partial charge < -0.3 is 9.84 Å². The van der Waals surface area contributed by atoms with Crippen LogP contribution in [0.2, 0.25) is 0 Å². The molecule has 0 bridgehead atoms. The minimum Gasteiger partial charge on any atom is -0.361 e. The molecule has 1 aromatic heterocycles. The number of carbonyl (C=O) groups is 1. The molecule has 1 aliphatic rings. The number of nitrogens with one attached hydrogen (secondary N) is 1. The van der Waals surface area contributed by atoms with Crippen LogP contribution in [0.3, 0.4) is 0 Å². The van der Waals surface area contributed by atoms with Crippen molar-refractivity contribution in [3.8, 4) is 0 Å². The standard InChI is InChI=1S/C19H22FN3O2/c1-13-18(14(2)25-22-13)19(24)21-11-15-7-9-23(10-8-15)12-16-3-5-17(20)6-4-16/h3-7H,8-12H2,1-2H3,(H,21,24). The van der Waals surface area contributed by atoms with Crippen LogP contribution >= 0.6 is 0 Å². The first kappa shape index (κ1) is 17.4. The lowest BCUT2D eigenvalue weighted by molar-refractivity contribution is 0.0954. The summed E-state index contributed by atoms with van der Waals surface area (Å²) in [7, 11) is 0. The highest BCUT2D eigenvalue weighted by Gasteiger charge is 2.18. The van der Waals surface area contributed by atoms with E-state index in [-0.39, 0.29) is 11.7 Å². The lowest BCUT2D eigenvalue weighted by atomic mass is 10.1. The molecule has 1 N–H and O–H groups in total. The normalized spacial score (nSPS) is 15.1. The van der Waals surface area contributed by atoms with Gasteiger partial charge in [-0.3, -0.25) is 9.69 Å². The van der Waals surface area contributed by atoms with E-state index in [1.54, 1.807) is 13.8 Å². The Kier molecular flexibility index (Phi) is 5.28. The molecule has 132 valence electrons. The van der Waals surface area contributed by atoms with Crippen molar-refractivity contribution < 1.29 is 13.7 Å². The summed E-state index contributed by atoms with van der Waals surface area (Å²) >= 11 is 0. The molecule has 0 aliphatic carbocycles. The van der Waals surface area contributed by atoms with Gasteiger partial charge in [0.05, 0.1) is 5.69 Å². The topological polar surface area (TPSA) is 58.4 Å². The summed E-state index contributed by atoms with van der Waals surface area (Å²) < 4.78 is 18.0. The summed E-state index contributed by atoms with van der Waals surface area (Å²) in [4.78, 5) is 14.5. The second kappa shape index (κ2) is 7.61. The minimum absolute atomic E-state index is 0.147. The number of halogens is 1. The fourth-order valence-electron chi connectivity index (χ4n) is 2.99. The first-order chi connectivity index (χ1) is 12.0. The third-order valence-corrected chi connectivity index (χ3v) is 4.44. The summed E-state index contributed by atoms with van der Waals surface area (Å²) in [6.45, 7) is 6.59. The zero-order valence-corrected chi connectivity index (χ0v) is 14.5. The van der Waals surface area contributed by atoms with Crippen molar-refractivity contribution >= 4 is 5.91 Å². The molecule has 1 amide bonds. The molecular formula is C19H22FN3O2. The van der Waals surface area contributed by atoms with E-state index in [9.17, 15) is 9.18 Å². The second-order valence-corrected chi connectivity index (χ2v) is 6.36. The van der Waals surface area contributed by atoms with Gasteiger partial charge in [-0.2, -0.15) is 0 Å². The molecule has 25 heavy (non-hydrogen) atoms. The van der Waals surface area contributed by atoms with Crippen molar-refractivity contribution in [1.29, 1.82) is 0 Å². The van der Waals surface area contributed by atoms with Crippen molar-refractivity contribution in [2.45, 2.75) is 26.8 Å². The van der Waals surface area contributed by atoms with Crippen molar-refractivity contribution in [2.75, 3.05) is 19.6 Å². The van der Waals surface area contributed by atoms with E-state index in [2.05, 4.69) is 21.4 Å². The molecule has 0 saturated heterocycles. The minimum atomic E-state index is -0.210. The number of aromatic nitrogens is 1. The van der Waals surface area contributed by atoms with Gasteiger partial charge in [-0.25, -0.2) is 4.39 Å². The van der Waals surface area contributed by atoms with Crippen molar-refractivity contribution in [3.05, 3.63) is 64.3 Å². The largest absolute Gasteiger partial charge is 0.361 e. The smallest absolute Gasteiger partial charge is 0.257 e. The lowest BCUT2D eigenvalue weighted by Gasteiger charge is -2.26. The highest BCUT2D eigenvalue weighted by atomic mass is 19.1. The number of amides is 1. The van der Waals surface area contributed by atoms with E-state index in [0.717, 1.165) is 31.6 Å². The molecule has 0 fully saturated rings. The fraction of sp³-hybridized carbons (Fsp3) is 0.368. The Morgan fingerprint density at radius 3 is 2.68 bits per heavy atom. The highest BCUT2D eigenvalue weighted by molar-refractivity contribution is 5.96. The molecule has 2 aromatic rings. The Balaban J connectivity index is 1.50. The van der Waals surface area contributed by atoms with E-state index >= 15 is 0 Å². The van der Waals surface area contributed by atoms with Crippen LogP contribution in [0, 0.1) is 19.7 Å². The molecule has 0 radical (unpaired) electrons. The highest BCUT2D eigenvalue weighted by Crippen LogP contribution is 2.15. The summed E-state index contributed by atoms with van der Waals surface area (Å²) in [5.41, 5.74) is 3.45. The Morgan fingerprint density at radius 2 is 2.08 bits per heavy atom. The van der Waals surface area contributed by atoms with E-state index in [1.807, 2.05) is 12.1 Å². The Bertz CT molecular complexity index is 761. The van der Waals surface area contributed by atoms with Gasteiger partial charge >= 0.3 is 0 Å². The quantitative estimate of drug-likeness (QED) is 0.848. The molecule has 0 saturated carbocycles. The van der Waals surface area contributed by atoms with Crippen LogP contribution in [-0.4, -0.2) is 35.6 Å². The SMILES string of the molecule is Cc1noc(C)c1C(=O)NCC1=CCN(Cc2ccc(F)cc2)CC1. The van der Waals surface area contributed by atoms with Crippen LogP contribution in [-0.2, 0) is 6.54 Å². The number of carbonyl (C=O) groups excluding carboxylic acids is 1. The summed E-state index contributed by atoms with van der Waals surface area (Å²) in [6.07, 6.45) is 3.06. The number of hydrogen-bond acceptors (Lipinski definition) is 4. The van der Waals surface area contributed by atoms with Crippen molar-refractivity contribution in [1.82, 2.24) is 15.4 Å². The molecule has 3 rings (SSSR count). The maximum absolute atomic E-state index is 13.0. The predicted molar refractivity (Wildman–Crippen MR) is 92.7 cm³/mol. The average Bonchev–Trinajstić information content (AvgIpc) is 2.95. The van der Waals surface area contributed by atoms with E-state index in [0.29, 0.717) is 23.6 Å². The van der Waals surface area contributed by atoms with Crippen molar-refractivity contribution in [2.24, 2.45) is 0 Å². The first-order valence-corrected chi connectivity index (χ1v) is 8.38. The monoisotopic (exact) mass is 343 g/mol. The molecular weight excluding hydrogens is 321 g/mol. The number of rotatable bonds is 5. The summed E-state index contributed by atoms with van der Waals surface area (Å²) in [5, 5.41) is 6.75. The number of hydrogen-bond donors (Lipinski definition) is 1. The molecule has 6 heteroatoms. The lowest BCUT2D eigenvalue weighted by Crippen LogP contribution is -2.32. The number of benzene rings is 1. The average molecular weight is 343 g/mol. The van der Waals surface area contributed by atoms with Gasteiger partial charge in [0.15, 0.2) is 0 Å². The Morgan fingerprint density at radius 1 is 1.32 bits per heavy atom. The Hall–Kier alpha value is -2.47. The molecule has 0 unspecified atom stereocenters. The van der Waals surface area contributed by atoms with Crippen LogP contribution < -0.4 is 5.32 Å². The van der Waals surface area contributed by atoms with Gasteiger partial charge in [0.1, 0.15) is 17.1 Å². The summed E-state index contributed by atoms with van der Waals surface area (Å²) in [6, 6.07) is 6.62. The predicted octanol–water partition coefficient (Wildman–Crippen LogP) is 2.99. The number of aryl methyl sites for hydroxylation is 2. The van der Waals surface area contributed by atoms with Crippen LogP contribution in [0.4, 0.5) is 4.39 Å². The molecule has 2 heterocycles. The molecule has 0 spiro atoms.